The summed E-state index contributed by atoms with van der Waals surface area (Å²) in [4.78, 5) is 0. The molecule has 1 atom stereocenters. The minimum atomic E-state index is 0.606. The zero-order valence-corrected chi connectivity index (χ0v) is 6.35. The van der Waals surface area contributed by atoms with Crippen LogP contribution in [0.2, 0.25) is 0 Å². The number of unbranched alkanes of at least 4 members (excludes halogenated alkanes) is 1. The van der Waals surface area contributed by atoms with E-state index in [1.54, 1.807) is 0 Å². The molecule has 0 saturated heterocycles. The van der Waals surface area contributed by atoms with E-state index in [0.717, 1.165) is 6.42 Å². The molecule has 9 heavy (non-hydrogen) atoms. The smallest absolute Gasteiger partial charge is 0.0624 e. The van der Waals surface area contributed by atoms with E-state index in [9.17, 15) is 0 Å². The predicted octanol–water partition coefficient (Wildman–Crippen LogP) is 2.73. The standard InChI is InChI=1S/C8H15N/c1-3-4-5-8(2)6-7-9/h8H,3-6H2,1-2H3. The Morgan fingerprint density at radius 3 is 2.67 bits per heavy atom. The first kappa shape index (κ1) is 8.49. The largest absolute Gasteiger partial charge is 0.198 e. The van der Waals surface area contributed by atoms with Crippen LogP contribution in [0.4, 0.5) is 0 Å². The van der Waals surface area contributed by atoms with Crippen LogP contribution >= 0.6 is 0 Å². The maximum Gasteiger partial charge on any atom is 0.0624 e. The van der Waals surface area contributed by atoms with Crippen molar-refractivity contribution in [3.63, 3.8) is 0 Å². The molecule has 0 bridgehead atoms. The Kier molecular flexibility index (Phi) is 5.30. The van der Waals surface area contributed by atoms with Crippen molar-refractivity contribution in [3.8, 4) is 6.07 Å². The van der Waals surface area contributed by atoms with Gasteiger partial charge in [-0.25, -0.2) is 0 Å². The summed E-state index contributed by atoms with van der Waals surface area (Å²) in [6.45, 7) is 4.32. The Bertz CT molecular complexity index is 91.2. The molecule has 0 aromatic carbocycles. The summed E-state index contributed by atoms with van der Waals surface area (Å²) in [7, 11) is 0. The molecule has 0 spiro atoms. The van der Waals surface area contributed by atoms with E-state index in [1.807, 2.05) is 0 Å². The van der Waals surface area contributed by atoms with Crippen molar-refractivity contribution in [1.82, 2.24) is 0 Å². The van der Waals surface area contributed by atoms with Crippen molar-refractivity contribution in [2.75, 3.05) is 0 Å². The first-order valence-corrected chi connectivity index (χ1v) is 3.68. The van der Waals surface area contributed by atoms with Gasteiger partial charge in [0.15, 0.2) is 0 Å². The summed E-state index contributed by atoms with van der Waals surface area (Å²) in [6, 6.07) is 2.18. The molecule has 0 fully saturated rings. The van der Waals surface area contributed by atoms with E-state index < -0.39 is 0 Å². The zero-order valence-electron chi connectivity index (χ0n) is 6.35. The molecule has 0 aromatic rings. The molecular formula is C8H15N. The Morgan fingerprint density at radius 1 is 1.56 bits per heavy atom. The second-order valence-electron chi connectivity index (χ2n) is 2.61. The van der Waals surface area contributed by atoms with Crippen LogP contribution in [-0.4, -0.2) is 0 Å². The highest BCUT2D eigenvalue weighted by Crippen LogP contribution is 2.09. The highest BCUT2D eigenvalue weighted by molar-refractivity contribution is 4.72. The summed E-state index contributed by atoms with van der Waals surface area (Å²) in [5, 5.41) is 8.29. The maximum atomic E-state index is 8.29. The summed E-state index contributed by atoms with van der Waals surface area (Å²) >= 11 is 0. The SMILES string of the molecule is CCCCC(C)CC#N. The quantitative estimate of drug-likeness (QED) is 0.566. The first-order chi connectivity index (χ1) is 4.31. The molecule has 0 aliphatic rings. The molecule has 0 rings (SSSR count). The summed E-state index contributed by atoms with van der Waals surface area (Å²) in [6.07, 6.45) is 4.45. The van der Waals surface area contributed by atoms with E-state index >= 15 is 0 Å². The zero-order chi connectivity index (χ0) is 7.11. The van der Waals surface area contributed by atoms with Gasteiger partial charge in [-0.1, -0.05) is 26.7 Å². The van der Waals surface area contributed by atoms with Crippen LogP contribution in [0.15, 0.2) is 0 Å². The molecule has 0 heterocycles. The average molecular weight is 125 g/mol. The van der Waals surface area contributed by atoms with Crippen molar-refractivity contribution in [3.05, 3.63) is 0 Å². The van der Waals surface area contributed by atoms with Crippen LogP contribution in [0.5, 0.6) is 0 Å². The van der Waals surface area contributed by atoms with Gasteiger partial charge in [0.25, 0.3) is 0 Å². The first-order valence-electron chi connectivity index (χ1n) is 3.68. The van der Waals surface area contributed by atoms with Gasteiger partial charge in [0.05, 0.1) is 6.07 Å². The highest BCUT2D eigenvalue weighted by atomic mass is 14.2. The third-order valence-electron chi connectivity index (χ3n) is 1.49. The van der Waals surface area contributed by atoms with Gasteiger partial charge in [-0.15, -0.1) is 0 Å². The number of hydrogen-bond donors (Lipinski definition) is 0. The molecule has 0 aromatic heterocycles. The molecule has 0 amide bonds. The van der Waals surface area contributed by atoms with Gasteiger partial charge < -0.3 is 0 Å². The second-order valence-corrected chi connectivity index (χ2v) is 2.61. The monoisotopic (exact) mass is 125 g/mol. The van der Waals surface area contributed by atoms with Gasteiger partial charge in [0.2, 0.25) is 0 Å². The number of rotatable bonds is 4. The van der Waals surface area contributed by atoms with E-state index in [-0.39, 0.29) is 0 Å². The molecule has 0 aliphatic carbocycles. The lowest BCUT2D eigenvalue weighted by atomic mass is 10.0. The van der Waals surface area contributed by atoms with Crippen molar-refractivity contribution in [2.24, 2.45) is 5.92 Å². The molecule has 1 heteroatoms. The lowest BCUT2D eigenvalue weighted by Gasteiger charge is -2.02. The number of hydrogen-bond acceptors (Lipinski definition) is 1. The third kappa shape index (κ3) is 5.36. The minimum absolute atomic E-state index is 0.606. The molecule has 0 N–H and O–H groups in total. The topological polar surface area (TPSA) is 23.8 Å². The Hall–Kier alpha value is -0.510. The van der Waals surface area contributed by atoms with Gasteiger partial charge in [0.1, 0.15) is 0 Å². The van der Waals surface area contributed by atoms with Crippen LogP contribution in [0.3, 0.4) is 0 Å². The normalized spacial score (nSPS) is 12.6. The fourth-order valence-electron chi connectivity index (χ4n) is 0.810. The van der Waals surface area contributed by atoms with E-state index in [0.29, 0.717) is 5.92 Å². The minimum Gasteiger partial charge on any atom is -0.198 e. The lowest BCUT2D eigenvalue weighted by Crippen LogP contribution is -1.91. The van der Waals surface area contributed by atoms with Gasteiger partial charge >= 0.3 is 0 Å². The fourth-order valence-corrected chi connectivity index (χ4v) is 0.810. The van der Waals surface area contributed by atoms with Crippen LogP contribution < -0.4 is 0 Å². The lowest BCUT2D eigenvalue weighted by molar-refractivity contribution is 0.516. The predicted molar refractivity (Wildman–Crippen MR) is 38.9 cm³/mol. The summed E-state index contributed by atoms with van der Waals surface area (Å²) in [5.74, 6) is 0.606. The van der Waals surface area contributed by atoms with E-state index in [2.05, 4.69) is 19.9 Å². The summed E-state index contributed by atoms with van der Waals surface area (Å²) in [5.41, 5.74) is 0. The molecule has 1 nitrogen and oxygen atoms in total. The molecule has 0 saturated carbocycles. The van der Waals surface area contributed by atoms with Crippen molar-refractivity contribution >= 4 is 0 Å². The number of nitriles is 1. The van der Waals surface area contributed by atoms with Crippen LogP contribution in [0, 0.1) is 17.2 Å². The van der Waals surface area contributed by atoms with E-state index in [4.69, 9.17) is 5.26 Å². The van der Waals surface area contributed by atoms with Crippen molar-refractivity contribution in [2.45, 2.75) is 39.5 Å². The molecule has 52 valence electrons. The molecule has 0 radical (unpaired) electrons. The molecule has 0 aliphatic heterocycles. The number of nitrogens with zero attached hydrogens (tertiary/aromatic N) is 1. The molecular weight excluding hydrogens is 110 g/mol. The van der Waals surface area contributed by atoms with Gasteiger partial charge in [-0.2, -0.15) is 5.26 Å². The van der Waals surface area contributed by atoms with Crippen LogP contribution in [-0.2, 0) is 0 Å². The highest BCUT2D eigenvalue weighted by Gasteiger charge is 1.97. The Morgan fingerprint density at radius 2 is 2.22 bits per heavy atom. The van der Waals surface area contributed by atoms with Crippen LogP contribution in [0.25, 0.3) is 0 Å². The van der Waals surface area contributed by atoms with E-state index in [1.165, 1.54) is 19.3 Å². The maximum absolute atomic E-state index is 8.29. The molecule has 1 unspecified atom stereocenters. The van der Waals surface area contributed by atoms with Crippen molar-refractivity contribution in [1.29, 1.82) is 5.26 Å². The van der Waals surface area contributed by atoms with Gasteiger partial charge in [0, 0.05) is 6.42 Å². The Labute approximate surface area is 57.7 Å². The summed E-state index contributed by atoms with van der Waals surface area (Å²) < 4.78 is 0. The van der Waals surface area contributed by atoms with Crippen LogP contribution in [0.1, 0.15) is 39.5 Å². The average Bonchev–Trinajstić information content (AvgIpc) is 1.85. The van der Waals surface area contributed by atoms with Gasteiger partial charge in [-0.05, 0) is 12.3 Å². The fraction of sp³-hybridized carbons (Fsp3) is 0.875. The van der Waals surface area contributed by atoms with Gasteiger partial charge in [-0.3, -0.25) is 0 Å². The van der Waals surface area contributed by atoms with Crippen molar-refractivity contribution < 1.29 is 0 Å². The second kappa shape index (κ2) is 5.62. The Balaban J connectivity index is 3.08. The third-order valence-corrected chi connectivity index (χ3v) is 1.49.